The van der Waals surface area contributed by atoms with Gasteiger partial charge in [0.25, 0.3) is 0 Å². The highest BCUT2D eigenvalue weighted by Crippen LogP contribution is 2.22. The Morgan fingerprint density at radius 3 is 3.05 bits per heavy atom. The van der Waals surface area contributed by atoms with Crippen LogP contribution in [0.15, 0.2) is 48.8 Å². The molecule has 22 heavy (non-hydrogen) atoms. The molecule has 4 heteroatoms. The highest BCUT2D eigenvalue weighted by atomic mass is 16.1. The van der Waals surface area contributed by atoms with Gasteiger partial charge in [0.1, 0.15) is 0 Å². The van der Waals surface area contributed by atoms with Gasteiger partial charge in [-0.3, -0.25) is 9.78 Å². The molecule has 114 valence electrons. The number of carbonyl (C=O) groups is 1. The first-order valence-corrected chi connectivity index (χ1v) is 7.74. The predicted octanol–water partition coefficient (Wildman–Crippen LogP) is 2.19. The van der Waals surface area contributed by atoms with E-state index in [1.807, 2.05) is 19.1 Å². The Bertz CT molecular complexity index is 642. The van der Waals surface area contributed by atoms with Gasteiger partial charge in [-0.1, -0.05) is 30.3 Å². The van der Waals surface area contributed by atoms with Crippen LogP contribution in [0.1, 0.15) is 35.6 Å². The van der Waals surface area contributed by atoms with E-state index < -0.39 is 0 Å². The fraction of sp³-hybridized carbons (Fsp3) is 0.333. The summed E-state index contributed by atoms with van der Waals surface area (Å²) in [5.74, 6) is -0.148. The molecule has 1 aliphatic rings. The molecular formula is C18H21N3O. The van der Waals surface area contributed by atoms with E-state index >= 15 is 0 Å². The van der Waals surface area contributed by atoms with E-state index in [1.54, 1.807) is 12.4 Å². The second kappa shape index (κ2) is 6.71. The summed E-state index contributed by atoms with van der Waals surface area (Å²) < 4.78 is 0. The number of rotatable bonds is 4. The van der Waals surface area contributed by atoms with Crippen LogP contribution in [-0.4, -0.2) is 24.0 Å². The Balaban J connectivity index is 1.62. The summed E-state index contributed by atoms with van der Waals surface area (Å²) in [4.78, 5) is 16.4. The van der Waals surface area contributed by atoms with Gasteiger partial charge in [-0.25, -0.2) is 0 Å². The highest BCUT2D eigenvalue weighted by Gasteiger charge is 2.21. The van der Waals surface area contributed by atoms with Gasteiger partial charge < -0.3 is 10.6 Å². The molecule has 1 aromatic heterocycles. The lowest BCUT2D eigenvalue weighted by Gasteiger charge is -2.27. The van der Waals surface area contributed by atoms with E-state index in [0.29, 0.717) is 6.54 Å². The van der Waals surface area contributed by atoms with E-state index in [-0.39, 0.29) is 17.9 Å². The van der Waals surface area contributed by atoms with Crippen LogP contribution in [0, 0.1) is 0 Å². The molecule has 0 bridgehead atoms. The lowest BCUT2D eigenvalue weighted by atomic mass is 9.94. The SMILES string of the molecule is CC(C(=O)NCC1NCCc2ccccc21)c1cccnc1. The molecule has 2 N–H and O–H groups in total. The zero-order valence-corrected chi connectivity index (χ0v) is 12.8. The molecule has 2 atom stereocenters. The van der Waals surface area contributed by atoms with Gasteiger partial charge in [0, 0.05) is 25.0 Å². The monoisotopic (exact) mass is 295 g/mol. The summed E-state index contributed by atoms with van der Waals surface area (Å²) in [6.07, 6.45) is 4.52. The van der Waals surface area contributed by atoms with Crippen LogP contribution in [0.25, 0.3) is 0 Å². The first-order chi connectivity index (χ1) is 10.8. The van der Waals surface area contributed by atoms with E-state index in [2.05, 4.69) is 39.9 Å². The van der Waals surface area contributed by atoms with Crippen LogP contribution in [0.3, 0.4) is 0 Å². The molecule has 0 aliphatic carbocycles. The van der Waals surface area contributed by atoms with Crippen molar-refractivity contribution in [1.82, 2.24) is 15.6 Å². The third kappa shape index (κ3) is 3.17. The number of amides is 1. The van der Waals surface area contributed by atoms with Gasteiger partial charge in [-0.15, -0.1) is 0 Å². The minimum Gasteiger partial charge on any atom is -0.354 e. The normalized spacial score (nSPS) is 18.3. The number of nitrogens with zero attached hydrogens (tertiary/aromatic N) is 1. The van der Waals surface area contributed by atoms with Crippen molar-refractivity contribution < 1.29 is 4.79 Å². The summed E-state index contributed by atoms with van der Waals surface area (Å²) in [7, 11) is 0. The van der Waals surface area contributed by atoms with Gasteiger partial charge in [-0.05, 0) is 42.6 Å². The van der Waals surface area contributed by atoms with Gasteiger partial charge in [0.05, 0.1) is 5.92 Å². The molecule has 0 saturated carbocycles. The van der Waals surface area contributed by atoms with E-state index in [4.69, 9.17) is 0 Å². The van der Waals surface area contributed by atoms with E-state index in [0.717, 1.165) is 18.5 Å². The zero-order valence-electron chi connectivity index (χ0n) is 12.8. The van der Waals surface area contributed by atoms with Crippen molar-refractivity contribution in [3.05, 3.63) is 65.5 Å². The smallest absolute Gasteiger partial charge is 0.227 e. The molecule has 0 spiro atoms. The Morgan fingerprint density at radius 1 is 1.36 bits per heavy atom. The summed E-state index contributed by atoms with van der Waals surface area (Å²) in [5.41, 5.74) is 3.61. The Kier molecular flexibility index (Phi) is 4.49. The minimum atomic E-state index is -0.187. The first kappa shape index (κ1) is 14.7. The quantitative estimate of drug-likeness (QED) is 0.909. The fourth-order valence-corrected chi connectivity index (χ4v) is 2.91. The summed E-state index contributed by atoms with van der Waals surface area (Å²) in [6.45, 7) is 3.48. The van der Waals surface area contributed by atoms with Crippen molar-refractivity contribution in [2.75, 3.05) is 13.1 Å². The molecule has 2 heterocycles. The summed E-state index contributed by atoms with van der Waals surface area (Å²) >= 11 is 0. The molecule has 0 fully saturated rings. The number of hydrogen-bond donors (Lipinski definition) is 2. The number of carbonyl (C=O) groups excluding carboxylic acids is 1. The minimum absolute atomic E-state index is 0.0397. The van der Waals surface area contributed by atoms with Gasteiger partial charge in [0.15, 0.2) is 0 Å². The third-order valence-corrected chi connectivity index (χ3v) is 4.27. The number of benzene rings is 1. The Morgan fingerprint density at radius 2 is 2.23 bits per heavy atom. The summed E-state index contributed by atoms with van der Waals surface area (Å²) in [6, 6.07) is 12.4. The largest absolute Gasteiger partial charge is 0.354 e. The molecular weight excluding hydrogens is 274 g/mol. The van der Waals surface area contributed by atoms with Crippen molar-refractivity contribution in [2.45, 2.75) is 25.3 Å². The molecule has 1 amide bonds. The maximum absolute atomic E-state index is 12.3. The van der Waals surface area contributed by atoms with Gasteiger partial charge in [0.2, 0.25) is 5.91 Å². The molecule has 1 aromatic carbocycles. The molecule has 1 aliphatic heterocycles. The lowest BCUT2D eigenvalue weighted by Crippen LogP contribution is -2.40. The molecule has 4 nitrogen and oxygen atoms in total. The second-order valence-electron chi connectivity index (χ2n) is 5.71. The van der Waals surface area contributed by atoms with Crippen molar-refractivity contribution >= 4 is 5.91 Å². The third-order valence-electron chi connectivity index (χ3n) is 4.27. The standard InChI is InChI=1S/C18H21N3O/c1-13(15-6-4-9-19-11-15)18(22)21-12-17-16-7-3-2-5-14(16)8-10-20-17/h2-7,9,11,13,17,20H,8,10,12H2,1H3,(H,21,22). The Hall–Kier alpha value is -2.20. The number of fused-ring (bicyclic) bond motifs is 1. The van der Waals surface area contributed by atoms with Gasteiger partial charge >= 0.3 is 0 Å². The van der Waals surface area contributed by atoms with Gasteiger partial charge in [-0.2, -0.15) is 0 Å². The molecule has 2 aromatic rings. The number of pyridine rings is 1. The van der Waals surface area contributed by atoms with Crippen LogP contribution in [0.5, 0.6) is 0 Å². The van der Waals surface area contributed by atoms with E-state index in [9.17, 15) is 4.79 Å². The van der Waals surface area contributed by atoms with Crippen LogP contribution in [0.4, 0.5) is 0 Å². The number of nitrogens with one attached hydrogen (secondary N) is 2. The number of hydrogen-bond acceptors (Lipinski definition) is 3. The average molecular weight is 295 g/mol. The number of aromatic nitrogens is 1. The molecule has 3 rings (SSSR count). The van der Waals surface area contributed by atoms with Crippen LogP contribution in [0.2, 0.25) is 0 Å². The second-order valence-corrected chi connectivity index (χ2v) is 5.71. The van der Waals surface area contributed by atoms with Crippen molar-refractivity contribution in [1.29, 1.82) is 0 Å². The van der Waals surface area contributed by atoms with E-state index in [1.165, 1.54) is 11.1 Å². The zero-order chi connectivity index (χ0) is 15.4. The van der Waals surface area contributed by atoms with Crippen molar-refractivity contribution in [3.63, 3.8) is 0 Å². The van der Waals surface area contributed by atoms with Crippen molar-refractivity contribution in [3.8, 4) is 0 Å². The van der Waals surface area contributed by atoms with Crippen LogP contribution < -0.4 is 10.6 Å². The maximum atomic E-state index is 12.3. The highest BCUT2D eigenvalue weighted by molar-refractivity contribution is 5.83. The molecule has 2 unspecified atom stereocenters. The average Bonchev–Trinajstić information content (AvgIpc) is 2.59. The predicted molar refractivity (Wildman–Crippen MR) is 86.6 cm³/mol. The van der Waals surface area contributed by atoms with Crippen molar-refractivity contribution in [2.24, 2.45) is 0 Å². The fourth-order valence-electron chi connectivity index (χ4n) is 2.91. The Labute approximate surface area is 131 Å². The first-order valence-electron chi connectivity index (χ1n) is 7.74. The lowest BCUT2D eigenvalue weighted by molar-refractivity contribution is -0.122. The maximum Gasteiger partial charge on any atom is 0.227 e. The van der Waals surface area contributed by atoms with Crippen LogP contribution >= 0.6 is 0 Å². The molecule has 0 saturated heterocycles. The summed E-state index contributed by atoms with van der Waals surface area (Å²) in [5, 5.41) is 6.54. The van der Waals surface area contributed by atoms with Crippen LogP contribution in [-0.2, 0) is 11.2 Å². The molecule has 0 radical (unpaired) electrons. The topological polar surface area (TPSA) is 54.0 Å².